The van der Waals surface area contributed by atoms with E-state index in [1.165, 1.54) is 0 Å². The number of carbonyl (C=O) groups excluding carboxylic acids is 4. The smallest absolute Gasteiger partial charge is 0.338 e. The summed E-state index contributed by atoms with van der Waals surface area (Å²) in [5.74, 6) is -1.95. The van der Waals surface area contributed by atoms with Gasteiger partial charge >= 0.3 is 23.9 Å². The lowest BCUT2D eigenvalue weighted by Crippen LogP contribution is -1.96. The fourth-order valence-electron chi connectivity index (χ4n) is 0.736. The number of hydrogen-bond donors (Lipinski definition) is 0. The summed E-state index contributed by atoms with van der Waals surface area (Å²) in [5.41, 5.74) is 0. The summed E-state index contributed by atoms with van der Waals surface area (Å²) in [7, 11) is 0. The van der Waals surface area contributed by atoms with Gasteiger partial charge in [0.15, 0.2) is 0 Å². The zero-order valence-electron chi connectivity index (χ0n) is 7.02. The highest BCUT2D eigenvalue weighted by atomic mass is 16.6. The van der Waals surface area contributed by atoms with Gasteiger partial charge in [-0.05, 0) is 0 Å². The molecule has 6 nitrogen and oxygen atoms in total. The first-order valence-corrected chi connectivity index (χ1v) is 3.75. The molecular formula is C8H6O6. The molecule has 0 aliphatic carbocycles. The van der Waals surface area contributed by atoms with Gasteiger partial charge in [0.05, 0.1) is 12.8 Å². The number of rotatable bonds is 0. The Hall–Kier alpha value is -1.98. The van der Waals surface area contributed by atoms with Gasteiger partial charge in [-0.25, -0.2) is 9.59 Å². The molecule has 0 amide bonds. The maximum Gasteiger partial charge on any atom is 0.338 e. The van der Waals surface area contributed by atoms with E-state index < -0.39 is 23.9 Å². The van der Waals surface area contributed by atoms with Gasteiger partial charge in [0, 0.05) is 12.2 Å². The predicted octanol–water partition coefficient (Wildman–Crippen LogP) is -0.524. The van der Waals surface area contributed by atoms with E-state index in [1.807, 2.05) is 0 Å². The normalized spacial score (nSPS) is 18.9. The molecule has 2 heterocycles. The van der Waals surface area contributed by atoms with Crippen molar-refractivity contribution in [1.82, 2.24) is 0 Å². The molecule has 0 aromatic carbocycles. The molecule has 0 aromatic heterocycles. The summed E-state index contributed by atoms with van der Waals surface area (Å²) in [6, 6.07) is 0. The van der Waals surface area contributed by atoms with Crippen molar-refractivity contribution in [1.29, 1.82) is 0 Å². The van der Waals surface area contributed by atoms with Crippen molar-refractivity contribution < 1.29 is 28.7 Å². The third-order valence-electron chi connectivity index (χ3n) is 1.32. The third kappa shape index (κ3) is 3.18. The molecular weight excluding hydrogens is 192 g/mol. The summed E-state index contributed by atoms with van der Waals surface area (Å²) < 4.78 is 8.06. The lowest BCUT2D eigenvalue weighted by atomic mass is 10.4. The monoisotopic (exact) mass is 198 g/mol. The molecule has 1 fully saturated rings. The highest BCUT2D eigenvalue weighted by Gasteiger charge is 2.19. The largest absolute Gasteiger partial charge is 0.393 e. The first-order chi connectivity index (χ1) is 6.58. The van der Waals surface area contributed by atoms with Crippen molar-refractivity contribution in [2.75, 3.05) is 0 Å². The second-order valence-electron chi connectivity index (χ2n) is 2.42. The Morgan fingerprint density at radius 3 is 1.36 bits per heavy atom. The summed E-state index contributed by atoms with van der Waals surface area (Å²) in [6.45, 7) is 0. The second kappa shape index (κ2) is 4.31. The van der Waals surface area contributed by atoms with Gasteiger partial charge in [-0.15, -0.1) is 0 Å². The highest BCUT2D eigenvalue weighted by molar-refractivity contribution is 6.04. The summed E-state index contributed by atoms with van der Waals surface area (Å²) in [5, 5.41) is 0. The Balaban J connectivity index is 0.000000140. The van der Waals surface area contributed by atoms with Crippen LogP contribution in [0.4, 0.5) is 0 Å². The molecule has 0 spiro atoms. The average Bonchev–Trinajstić information content (AvgIpc) is 2.63. The SMILES string of the molecule is O=C1C=CC(=O)O1.O=C1CCC(=O)O1. The molecule has 0 atom stereocenters. The molecule has 0 saturated carbocycles. The van der Waals surface area contributed by atoms with Gasteiger partial charge in [-0.2, -0.15) is 0 Å². The molecule has 1 saturated heterocycles. The van der Waals surface area contributed by atoms with E-state index in [1.54, 1.807) is 0 Å². The topological polar surface area (TPSA) is 86.7 Å². The molecule has 6 heteroatoms. The minimum absolute atomic E-state index is 0.263. The molecule has 14 heavy (non-hydrogen) atoms. The molecule has 2 aliphatic heterocycles. The van der Waals surface area contributed by atoms with Gasteiger partial charge in [0.25, 0.3) is 0 Å². The van der Waals surface area contributed by atoms with E-state index in [0.717, 1.165) is 12.2 Å². The van der Waals surface area contributed by atoms with Crippen LogP contribution in [0.15, 0.2) is 12.2 Å². The van der Waals surface area contributed by atoms with Crippen LogP contribution in [0.5, 0.6) is 0 Å². The minimum Gasteiger partial charge on any atom is -0.393 e. The fourth-order valence-corrected chi connectivity index (χ4v) is 0.736. The van der Waals surface area contributed by atoms with Gasteiger partial charge in [-0.1, -0.05) is 0 Å². The summed E-state index contributed by atoms with van der Waals surface area (Å²) >= 11 is 0. The number of hydrogen-bond acceptors (Lipinski definition) is 6. The van der Waals surface area contributed by atoms with Crippen molar-refractivity contribution in [2.24, 2.45) is 0 Å². The van der Waals surface area contributed by atoms with E-state index in [9.17, 15) is 19.2 Å². The van der Waals surface area contributed by atoms with Crippen LogP contribution in [-0.4, -0.2) is 23.9 Å². The zero-order chi connectivity index (χ0) is 10.6. The summed E-state index contributed by atoms with van der Waals surface area (Å²) in [6.07, 6.45) is 2.70. The Bertz CT molecular complexity index is 297. The third-order valence-corrected chi connectivity index (χ3v) is 1.32. The summed E-state index contributed by atoms with van der Waals surface area (Å²) in [4.78, 5) is 39.9. The van der Waals surface area contributed by atoms with Gasteiger partial charge in [0.1, 0.15) is 0 Å². The fraction of sp³-hybridized carbons (Fsp3) is 0.250. The minimum atomic E-state index is -0.579. The Morgan fingerprint density at radius 2 is 1.21 bits per heavy atom. The van der Waals surface area contributed by atoms with Crippen LogP contribution in [0.25, 0.3) is 0 Å². The number of carbonyl (C=O) groups is 4. The Kier molecular flexibility index (Phi) is 3.11. The van der Waals surface area contributed by atoms with Crippen LogP contribution < -0.4 is 0 Å². The highest BCUT2D eigenvalue weighted by Crippen LogP contribution is 2.03. The van der Waals surface area contributed by atoms with E-state index >= 15 is 0 Å². The maximum atomic E-state index is 10.0. The molecule has 2 aliphatic rings. The first-order valence-electron chi connectivity index (χ1n) is 3.75. The van der Waals surface area contributed by atoms with Crippen molar-refractivity contribution in [3.63, 3.8) is 0 Å². The molecule has 0 radical (unpaired) electrons. The molecule has 0 N–H and O–H groups in total. The molecule has 74 valence electrons. The average molecular weight is 198 g/mol. The van der Waals surface area contributed by atoms with Crippen molar-refractivity contribution >= 4 is 23.9 Å². The van der Waals surface area contributed by atoms with Gasteiger partial charge in [-0.3, -0.25) is 9.59 Å². The van der Waals surface area contributed by atoms with Crippen molar-refractivity contribution in [2.45, 2.75) is 12.8 Å². The van der Waals surface area contributed by atoms with Crippen molar-refractivity contribution in [3.05, 3.63) is 12.2 Å². The van der Waals surface area contributed by atoms with E-state index in [0.29, 0.717) is 0 Å². The van der Waals surface area contributed by atoms with Crippen LogP contribution in [-0.2, 0) is 28.7 Å². The zero-order valence-corrected chi connectivity index (χ0v) is 7.02. The predicted molar refractivity (Wildman–Crippen MR) is 40.6 cm³/mol. The molecule has 0 aromatic rings. The van der Waals surface area contributed by atoms with Crippen molar-refractivity contribution in [3.8, 4) is 0 Å². The lowest BCUT2D eigenvalue weighted by molar-refractivity contribution is -0.153. The quantitative estimate of drug-likeness (QED) is 0.384. The van der Waals surface area contributed by atoms with E-state index in [4.69, 9.17) is 0 Å². The Labute approximate surface area is 78.5 Å². The maximum absolute atomic E-state index is 10.0. The van der Waals surface area contributed by atoms with Gasteiger partial charge < -0.3 is 9.47 Å². The molecule has 0 unspecified atom stereocenters. The van der Waals surface area contributed by atoms with E-state index in [2.05, 4.69) is 9.47 Å². The first kappa shape index (κ1) is 10.1. The van der Waals surface area contributed by atoms with Crippen LogP contribution in [0.1, 0.15) is 12.8 Å². The molecule has 2 rings (SSSR count). The van der Waals surface area contributed by atoms with Crippen LogP contribution in [0, 0.1) is 0 Å². The standard InChI is InChI=1S/C4H4O3.C4H2O3/c2*5-3-1-2-4(6)7-3/h1-2H2;1-2H. The number of esters is 4. The number of ether oxygens (including phenoxy) is 2. The van der Waals surface area contributed by atoms with Crippen LogP contribution in [0.3, 0.4) is 0 Å². The lowest BCUT2D eigenvalue weighted by Gasteiger charge is -1.80. The van der Waals surface area contributed by atoms with Gasteiger partial charge in [0.2, 0.25) is 0 Å². The second-order valence-corrected chi connectivity index (χ2v) is 2.42. The number of cyclic esters (lactones) is 4. The van der Waals surface area contributed by atoms with Crippen LogP contribution >= 0.6 is 0 Å². The van der Waals surface area contributed by atoms with E-state index in [-0.39, 0.29) is 12.8 Å². The Morgan fingerprint density at radius 1 is 0.786 bits per heavy atom. The molecule has 0 bridgehead atoms. The van der Waals surface area contributed by atoms with Crippen LogP contribution in [0.2, 0.25) is 0 Å².